The Morgan fingerprint density at radius 1 is 1.21 bits per heavy atom. The smallest absolute Gasteiger partial charge is 0.0872 e. The second kappa shape index (κ2) is 4.68. The summed E-state index contributed by atoms with van der Waals surface area (Å²) in [6.45, 7) is 11.1. The molecule has 1 aromatic rings. The standard InChI is InChI=1S/C13H20B/c1-9(2)6-12-11(4)7-10(3)8-13(12)14-5/h7-9H,6H2,1-5H3. The van der Waals surface area contributed by atoms with Crippen molar-refractivity contribution in [2.45, 2.75) is 40.9 Å². The lowest BCUT2D eigenvalue weighted by atomic mass is 9.68. The number of benzene rings is 1. The van der Waals surface area contributed by atoms with Crippen LogP contribution in [0, 0.1) is 19.8 Å². The van der Waals surface area contributed by atoms with Gasteiger partial charge in [-0.15, -0.1) is 0 Å². The molecule has 0 atom stereocenters. The Morgan fingerprint density at radius 2 is 1.86 bits per heavy atom. The summed E-state index contributed by atoms with van der Waals surface area (Å²) in [4.78, 5) is 0. The molecule has 1 aromatic carbocycles. The zero-order valence-electron chi connectivity index (χ0n) is 10.0. The summed E-state index contributed by atoms with van der Waals surface area (Å²) in [7, 11) is 2.22. The van der Waals surface area contributed by atoms with E-state index in [9.17, 15) is 0 Å². The van der Waals surface area contributed by atoms with Gasteiger partial charge >= 0.3 is 0 Å². The Labute approximate surface area is 89.0 Å². The van der Waals surface area contributed by atoms with Crippen molar-refractivity contribution in [1.29, 1.82) is 0 Å². The van der Waals surface area contributed by atoms with Gasteiger partial charge in [0, 0.05) is 0 Å². The van der Waals surface area contributed by atoms with E-state index in [4.69, 9.17) is 0 Å². The van der Waals surface area contributed by atoms with Crippen LogP contribution in [0.3, 0.4) is 0 Å². The zero-order valence-corrected chi connectivity index (χ0v) is 10.0. The Bertz CT molecular complexity index is 313. The highest BCUT2D eigenvalue weighted by molar-refractivity contribution is 6.52. The van der Waals surface area contributed by atoms with Gasteiger partial charge in [-0.2, -0.15) is 0 Å². The third-order valence-electron chi connectivity index (χ3n) is 2.58. The molecule has 0 amide bonds. The van der Waals surface area contributed by atoms with Crippen molar-refractivity contribution in [3.63, 3.8) is 0 Å². The summed E-state index contributed by atoms with van der Waals surface area (Å²) in [6.07, 6.45) is 1.19. The highest BCUT2D eigenvalue weighted by Gasteiger charge is 2.07. The minimum absolute atomic E-state index is 0.732. The van der Waals surface area contributed by atoms with Gasteiger partial charge in [0.1, 0.15) is 7.28 Å². The Morgan fingerprint density at radius 3 is 2.36 bits per heavy atom. The molecule has 0 N–H and O–H groups in total. The maximum absolute atomic E-state index is 2.28. The largest absolute Gasteiger partial charge is 0.148 e. The molecular formula is C13H20B. The second-order valence-electron chi connectivity index (χ2n) is 4.54. The van der Waals surface area contributed by atoms with E-state index >= 15 is 0 Å². The monoisotopic (exact) mass is 187 g/mol. The molecule has 0 aromatic heterocycles. The van der Waals surface area contributed by atoms with Crippen LogP contribution in [0.15, 0.2) is 12.1 Å². The van der Waals surface area contributed by atoms with Gasteiger partial charge in [0.2, 0.25) is 0 Å². The molecule has 0 fully saturated rings. The first-order chi connectivity index (χ1) is 6.54. The second-order valence-corrected chi connectivity index (χ2v) is 4.54. The molecule has 1 heteroatoms. The van der Waals surface area contributed by atoms with Crippen LogP contribution in [0.4, 0.5) is 0 Å². The van der Waals surface area contributed by atoms with Crippen molar-refractivity contribution in [2.75, 3.05) is 0 Å². The molecule has 0 spiro atoms. The lowest BCUT2D eigenvalue weighted by Gasteiger charge is -2.14. The average Bonchev–Trinajstić information content (AvgIpc) is 2.08. The molecule has 0 heterocycles. The quantitative estimate of drug-likeness (QED) is 0.638. The molecular weight excluding hydrogens is 167 g/mol. The maximum atomic E-state index is 2.28. The van der Waals surface area contributed by atoms with Gasteiger partial charge in [-0.25, -0.2) is 0 Å². The number of hydrogen-bond acceptors (Lipinski definition) is 0. The van der Waals surface area contributed by atoms with Crippen LogP contribution in [-0.4, -0.2) is 7.28 Å². The fourth-order valence-electron chi connectivity index (χ4n) is 1.98. The molecule has 0 aliphatic carbocycles. The molecule has 0 saturated carbocycles. The van der Waals surface area contributed by atoms with Crippen molar-refractivity contribution in [3.8, 4) is 0 Å². The zero-order chi connectivity index (χ0) is 10.7. The van der Waals surface area contributed by atoms with E-state index in [0.29, 0.717) is 0 Å². The van der Waals surface area contributed by atoms with Crippen LogP contribution in [0.25, 0.3) is 0 Å². The van der Waals surface area contributed by atoms with Gasteiger partial charge in [-0.1, -0.05) is 49.4 Å². The van der Waals surface area contributed by atoms with Gasteiger partial charge in [-0.3, -0.25) is 0 Å². The van der Waals surface area contributed by atoms with Crippen LogP contribution in [0.2, 0.25) is 6.82 Å². The summed E-state index contributed by atoms with van der Waals surface area (Å²) in [5.41, 5.74) is 5.74. The first-order valence-corrected chi connectivity index (χ1v) is 5.44. The SMILES string of the molecule is C[B]c1cc(C)cc(C)c1CC(C)C. The average molecular weight is 187 g/mol. The highest BCUT2D eigenvalue weighted by Crippen LogP contribution is 2.13. The van der Waals surface area contributed by atoms with E-state index in [1.807, 2.05) is 0 Å². The summed E-state index contributed by atoms with van der Waals surface area (Å²) >= 11 is 0. The fourth-order valence-corrected chi connectivity index (χ4v) is 1.98. The molecule has 75 valence electrons. The van der Waals surface area contributed by atoms with Crippen LogP contribution < -0.4 is 5.46 Å². The molecule has 1 rings (SSSR count). The first kappa shape index (κ1) is 11.4. The lowest BCUT2D eigenvalue weighted by molar-refractivity contribution is 0.647. The number of rotatable bonds is 3. The Hall–Kier alpha value is -0.715. The molecule has 0 bridgehead atoms. The van der Waals surface area contributed by atoms with Crippen molar-refractivity contribution >= 4 is 12.7 Å². The van der Waals surface area contributed by atoms with Crippen molar-refractivity contribution in [3.05, 3.63) is 28.8 Å². The van der Waals surface area contributed by atoms with E-state index < -0.39 is 0 Å². The fraction of sp³-hybridized carbons (Fsp3) is 0.538. The van der Waals surface area contributed by atoms with Gasteiger partial charge in [0.05, 0.1) is 0 Å². The Balaban J connectivity index is 3.11. The maximum Gasteiger partial charge on any atom is 0.148 e. The Kier molecular flexibility index (Phi) is 3.80. The summed E-state index contributed by atoms with van der Waals surface area (Å²) in [5, 5.41) is 0. The molecule has 1 radical (unpaired) electrons. The van der Waals surface area contributed by atoms with Gasteiger partial charge in [0.25, 0.3) is 0 Å². The van der Waals surface area contributed by atoms with E-state index in [0.717, 1.165) is 5.92 Å². The number of hydrogen-bond donors (Lipinski definition) is 0. The van der Waals surface area contributed by atoms with E-state index in [2.05, 4.69) is 53.9 Å². The summed E-state index contributed by atoms with van der Waals surface area (Å²) in [5.74, 6) is 0.732. The van der Waals surface area contributed by atoms with Crippen LogP contribution in [0.5, 0.6) is 0 Å². The summed E-state index contributed by atoms with van der Waals surface area (Å²) in [6, 6.07) is 4.56. The van der Waals surface area contributed by atoms with Crippen molar-refractivity contribution < 1.29 is 0 Å². The first-order valence-electron chi connectivity index (χ1n) is 5.44. The lowest BCUT2D eigenvalue weighted by Crippen LogP contribution is -2.20. The van der Waals surface area contributed by atoms with Crippen LogP contribution in [0.1, 0.15) is 30.5 Å². The molecule has 14 heavy (non-hydrogen) atoms. The predicted octanol–water partition coefficient (Wildman–Crippen LogP) is 2.88. The number of aryl methyl sites for hydroxylation is 2. The summed E-state index contributed by atoms with van der Waals surface area (Å²) < 4.78 is 0. The normalized spacial score (nSPS) is 10.7. The van der Waals surface area contributed by atoms with Gasteiger partial charge in [-0.05, 0) is 31.7 Å². The van der Waals surface area contributed by atoms with E-state index in [1.165, 1.54) is 28.6 Å². The minimum Gasteiger partial charge on any atom is -0.0872 e. The van der Waals surface area contributed by atoms with E-state index in [1.54, 1.807) is 0 Å². The highest BCUT2D eigenvalue weighted by atomic mass is 14.1. The predicted molar refractivity (Wildman–Crippen MR) is 65.7 cm³/mol. The molecule has 0 aliphatic rings. The van der Waals surface area contributed by atoms with Crippen LogP contribution >= 0.6 is 0 Å². The third-order valence-corrected chi connectivity index (χ3v) is 2.58. The molecule has 0 aliphatic heterocycles. The van der Waals surface area contributed by atoms with Gasteiger partial charge < -0.3 is 0 Å². The van der Waals surface area contributed by atoms with Crippen LogP contribution in [-0.2, 0) is 6.42 Å². The minimum atomic E-state index is 0.732. The van der Waals surface area contributed by atoms with E-state index in [-0.39, 0.29) is 0 Å². The topological polar surface area (TPSA) is 0 Å². The molecule has 0 nitrogen and oxygen atoms in total. The van der Waals surface area contributed by atoms with Crippen molar-refractivity contribution in [2.24, 2.45) is 5.92 Å². The molecule has 0 saturated heterocycles. The molecule has 0 unspecified atom stereocenters. The third kappa shape index (κ3) is 2.63. The van der Waals surface area contributed by atoms with Crippen molar-refractivity contribution in [1.82, 2.24) is 0 Å². The van der Waals surface area contributed by atoms with Gasteiger partial charge in [0.15, 0.2) is 0 Å².